The minimum atomic E-state index is 0.000864. The maximum absolute atomic E-state index is 11.8. The van der Waals surface area contributed by atoms with Crippen LogP contribution in [0.5, 0.6) is 6.01 Å². The number of H-pyrrole nitrogens is 1. The summed E-state index contributed by atoms with van der Waals surface area (Å²) in [6.45, 7) is 13.9. The molecule has 13 nitrogen and oxygen atoms in total. The van der Waals surface area contributed by atoms with Crippen molar-refractivity contribution >= 4 is 28.2 Å². The van der Waals surface area contributed by atoms with E-state index in [1.807, 2.05) is 30.6 Å². The molecule has 54 heavy (non-hydrogen) atoms. The molecule has 1 aliphatic heterocycles. The van der Waals surface area contributed by atoms with Gasteiger partial charge >= 0.3 is 6.01 Å². The van der Waals surface area contributed by atoms with Gasteiger partial charge in [-0.3, -0.25) is 14.9 Å². The number of carbonyl (C=O) groups is 1. The van der Waals surface area contributed by atoms with E-state index in [-0.39, 0.29) is 23.9 Å². The van der Waals surface area contributed by atoms with E-state index in [9.17, 15) is 4.79 Å². The Balaban J connectivity index is 1.18. The lowest BCUT2D eigenvalue weighted by atomic mass is 9.99. The number of aromatic amines is 1. The number of carbonyl (C=O) groups excluding carboxylic acids is 1. The van der Waals surface area contributed by atoms with Crippen molar-refractivity contribution in [1.29, 1.82) is 0 Å². The molecule has 4 aromatic rings. The SMILES string of the molecule is CC(C)CCC(=O)NCCOCCOCCNc1ccc2c(-c3ccccc3CNc3nc(OC4CCCNC4)ncn[nH]cc3C(C)C)nccc2c1. The molecule has 0 saturated carbocycles. The molecule has 0 spiro atoms. The summed E-state index contributed by atoms with van der Waals surface area (Å²) < 4.78 is 17.6. The number of benzene rings is 2. The van der Waals surface area contributed by atoms with Crippen LogP contribution in [0, 0.1) is 5.92 Å². The second kappa shape index (κ2) is 21.8. The topological polar surface area (TPSA) is 160 Å². The average molecular weight is 740 g/mol. The fraction of sp³-hybridized carbons (Fsp3) is 0.488. The third-order valence-corrected chi connectivity index (χ3v) is 9.10. The standard InChI is InChI=1S/C41H57N9O4/c1-29(2)11-14-38(51)44-19-21-53-23-22-52-20-18-43-33-12-13-36-31(24-33)15-17-45-39(36)35-10-6-5-8-32(35)25-46-40-37(30(3)4)27-48-49-28-47-41(50-40)54-34-9-7-16-42-26-34/h5-6,8,10,12-13,15,17,24,27-30,34,42-43,48H,7,9,11,14,16,18-23,25-26H2,1-4H3,(H,44,51)(H,46,47,49,50). The maximum Gasteiger partial charge on any atom is 0.320 e. The van der Waals surface area contributed by atoms with Gasteiger partial charge in [0.2, 0.25) is 5.91 Å². The molecule has 1 unspecified atom stereocenters. The summed E-state index contributed by atoms with van der Waals surface area (Å²) in [5, 5.41) is 22.7. The Bertz CT molecular complexity index is 1810. The summed E-state index contributed by atoms with van der Waals surface area (Å²) in [5.41, 5.74) is 5.00. The van der Waals surface area contributed by atoms with Crippen molar-refractivity contribution < 1.29 is 19.0 Å². The van der Waals surface area contributed by atoms with Crippen LogP contribution in [0.1, 0.15) is 70.4 Å². The number of anilines is 2. The van der Waals surface area contributed by atoms with Crippen LogP contribution in [0.15, 0.2) is 67.3 Å². The highest BCUT2D eigenvalue weighted by molar-refractivity contribution is 5.96. The second-order valence-electron chi connectivity index (χ2n) is 14.1. The fourth-order valence-corrected chi connectivity index (χ4v) is 6.13. The number of piperidine rings is 1. The van der Waals surface area contributed by atoms with E-state index in [4.69, 9.17) is 24.2 Å². The first-order valence-electron chi connectivity index (χ1n) is 19.3. The van der Waals surface area contributed by atoms with E-state index in [2.05, 4.69) is 94.5 Å². The fourth-order valence-electron chi connectivity index (χ4n) is 6.13. The van der Waals surface area contributed by atoms with Crippen LogP contribution in [0.4, 0.5) is 11.5 Å². The summed E-state index contributed by atoms with van der Waals surface area (Å²) in [5.74, 6) is 1.44. The molecule has 1 fully saturated rings. The van der Waals surface area contributed by atoms with Gasteiger partial charge in [0.15, 0.2) is 0 Å². The zero-order chi connectivity index (χ0) is 38.0. The van der Waals surface area contributed by atoms with Crippen molar-refractivity contribution in [2.24, 2.45) is 5.92 Å². The molecular weight excluding hydrogens is 683 g/mol. The van der Waals surface area contributed by atoms with Crippen molar-refractivity contribution in [2.45, 2.75) is 71.9 Å². The molecule has 0 radical (unpaired) electrons. The molecular formula is C41H57N9O4. The van der Waals surface area contributed by atoms with Gasteiger partial charge in [-0.15, -0.1) is 0 Å². The van der Waals surface area contributed by atoms with Crippen LogP contribution in [0.25, 0.3) is 22.0 Å². The predicted molar refractivity (Wildman–Crippen MR) is 214 cm³/mol. The quantitative estimate of drug-likeness (QED) is 0.0638. The van der Waals surface area contributed by atoms with E-state index in [1.54, 1.807) is 0 Å². The minimum absolute atomic E-state index is 0.000864. The van der Waals surface area contributed by atoms with Crippen LogP contribution in [-0.4, -0.2) is 89.8 Å². The van der Waals surface area contributed by atoms with Gasteiger partial charge in [0.25, 0.3) is 0 Å². The molecule has 0 bridgehead atoms. The Kier molecular flexibility index (Phi) is 16.2. The van der Waals surface area contributed by atoms with E-state index in [0.29, 0.717) is 64.2 Å². The Morgan fingerprint density at radius 2 is 1.80 bits per heavy atom. The van der Waals surface area contributed by atoms with Gasteiger partial charge in [-0.25, -0.2) is 0 Å². The second-order valence-corrected chi connectivity index (χ2v) is 14.1. The molecule has 13 heteroatoms. The number of fused-ring (bicyclic) bond motifs is 1. The molecule has 1 amide bonds. The van der Waals surface area contributed by atoms with Crippen molar-refractivity contribution in [3.05, 3.63) is 78.4 Å². The molecule has 3 heterocycles. The van der Waals surface area contributed by atoms with Crippen molar-refractivity contribution in [1.82, 2.24) is 35.8 Å². The molecule has 2 aromatic heterocycles. The minimum Gasteiger partial charge on any atom is -0.459 e. The van der Waals surface area contributed by atoms with E-state index >= 15 is 0 Å². The Hall–Kier alpha value is -4.85. The number of nitrogens with zero attached hydrogens (tertiary/aromatic N) is 4. The number of pyridine rings is 1. The summed E-state index contributed by atoms with van der Waals surface area (Å²) in [4.78, 5) is 26.0. The summed E-state index contributed by atoms with van der Waals surface area (Å²) >= 11 is 0. The van der Waals surface area contributed by atoms with Gasteiger partial charge < -0.3 is 35.5 Å². The van der Waals surface area contributed by atoms with Crippen LogP contribution in [0.2, 0.25) is 0 Å². The number of nitrogens with one attached hydrogen (secondary N) is 5. The van der Waals surface area contributed by atoms with E-state index < -0.39 is 0 Å². The van der Waals surface area contributed by atoms with Gasteiger partial charge in [0, 0.05) is 67.2 Å². The highest BCUT2D eigenvalue weighted by Gasteiger charge is 2.17. The van der Waals surface area contributed by atoms with Crippen LogP contribution in [0.3, 0.4) is 0 Å². The van der Waals surface area contributed by atoms with Crippen molar-refractivity contribution in [3.63, 3.8) is 0 Å². The normalized spacial score (nSPS) is 14.2. The Morgan fingerprint density at radius 3 is 2.59 bits per heavy atom. The monoisotopic (exact) mass is 739 g/mol. The van der Waals surface area contributed by atoms with Crippen LogP contribution >= 0.6 is 0 Å². The van der Waals surface area contributed by atoms with Crippen molar-refractivity contribution in [2.75, 3.05) is 63.2 Å². The lowest BCUT2D eigenvalue weighted by Gasteiger charge is -2.22. The van der Waals surface area contributed by atoms with Gasteiger partial charge in [-0.05, 0) is 66.8 Å². The molecule has 0 aliphatic carbocycles. The molecule has 1 saturated heterocycles. The molecule has 2 aromatic carbocycles. The number of hydrogen-bond donors (Lipinski definition) is 5. The lowest BCUT2D eigenvalue weighted by Crippen LogP contribution is -2.37. The highest BCUT2D eigenvalue weighted by Crippen LogP contribution is 2.31. The molecule has 1 atom stereocenters. The number of amides is 1. The number of aromatic nitrogens is 5. The zero-order valence-electron chi connectivity index (χ0n) is 32.2. The van der Waals surface area contributed by atoms with Gasteiger partial charge in [-0.1, -0.05) is 58.0 Å². The number of hydrogen-bond acceptors (Lipinski definition) is 11. The molecule has 1 aliphatic rings. The van der Waals surface area contributed by atoms with Crippen LogP contribution < -0.4 is 26.0 Å². The lowest BCUT2D eigenvalue weighted by molar-refractivity contribution is -0.121. The zero-order valence-corrected chi connectivity index (χ0v) is 32.2. The van der Waals surface area contributed by atoms with Gasteiger partial charge in [0.1, 0.15) is 18.2 Å². The summed E-state index contributed by atoms with van der Waals surface area (Å²) in [7, 11) is 0. The third-order valence-electron chi connectivity index (χ3n) is 9.10. The molecule has 5 rings (SSSR count). The van der Waals surface area contributed by atoms with E-state index in [0.717, 1.165) is 71.2 Å². The van der Waals surface area contributed by atoms with E-state index in [1.165, 1.54) is 6.33 Å². The Morgan fingerprint density at radius 1 is 0.963 bits per heavy atom. The first-order chi connectivity index (χ1) is 26.4. The Labute approximate surface area is 319 Å². The average Bonchev–Trinajstić information content (AvgIpc) is 3.27. The number of rotatable bonds is 20. The third kappa shape index (κ3) is 12.9. The summed E-state index contributed by atoms with van der Waals surface area (Å²) in [6, 6.07) is 17.0. The summed E-state index contributed by atoms with van der Waals surface area (Å²) in [6.07, 6.45) is 8.61. The molecule has 290 valence electrons. The van der Waals surface area contributed by atoms with Crippen molar-refractivity contribution in [3.8, 4) is 17.3 Å². The number of ether oxygens (including phenoxy) is 3. The first-order valence-corrected chi connectivity index (χ1v) is 19.3. The van der Waals surface area contributed by atoms with Gasteiger partial charge in [-0.2, -0.15) is 15.1 Å². The first kappa shape index (κ1) is 40.3. The smallest absolute Gasteiger partial charge is 0.320 e. The van der Waals surface area contributed by atoms with Crippen LogP contribution in [-0.2, 0) is 20.8 Å². The van der Waals surface area contributed by atoms with Gasteiger partial charge in [0.05, 0.1) is 32.1 Å². The molecule has 5 N–H and O–H groups in total. The maximum atomic E-state index is 11.8. The largest absolute Gasteiger partial charge is 0.459 e. The highest BCUT2D eigenvalue weighted by atomic mass is 16.5. The predicted octanol–water partition coefficient (Wildman–Crippen LogP) is 6.40.